The molecule has 0 spiro atoms. The Morgan fingerprint density at radius 2 is 0.850 bits per heavy atom. The molecule has 0 aliphatic carbocycles. The molecule has 0 aromatic heterocycles. The number of hydrogen-bond donors (Lipinski definition) is 0. The number of rotatable bonds is 23. The minimum absolute atomic E-state index is 0.716. The van der Waals surface area contributed by atoms with Gasteiger partial charge in [-0.25, -0.2) is 0 Å². The van der Waals surface area contributed by atoms with Crippen molar-refractivity contribution < 1.29 is 4.74 Å². The van der Waals surface area contributed by atoms with Gasteiger partial charge in [-0.3, -0.25) is 0 Å². The summed E-state index contributed by atoms with van der Waals surface area (Å²) in [5.74, 6) is 0. The summed E-state index contributed by atoms with van der Waals surface area (Å²) in [4.78, 5) is 0. The number of unbranched alkanes of at least 4 members (excludes halogenated alkanes) is 19. The molecule has 1 heteroatoms. The van der Waals surface area contributed by atoms with E-state index in [-0.39, 0.29) is 0 Å². The van der Waals surface area contributed by atoms with E-state index in [1.54, 1.807) is 0 Å². The Kier molecular flexibility index (Phi) is 14.1. The van der Waals surface area contributed by atoms with Gasteiger partial charge in [0.15, 0.2) is 0 Å². The molecule has 0 saturated carbocycles. The highest BCUT2D eigenvalue weighted by molar-refractivity contribution is 6.23. The molecule has 0 saturated heterocycles. The quantitative estimate of drug-likeness (QED) is 0.0671. The fourth-order valence-corrected chi connectivity index (χ4v) is 6.56. The molecule has 0 heterocycles. The molecule has 0 N–H and O–H groups in total. The fraction of sp³-hybridized carbons (Fsp3) is 0.590. The predicted molar refractivity (Wildman–Crippen MR) is 178 cm³/mol. The van der Waals surface area contributed by atoms with Gasteiger partial charge in [-0.2, -0.15) is 0 Å². The standard InChI is InChI=1S/C39H56O/c1-2-3-4-5-6-7-8-9-10-11-12-13-14-15-16-17-18-19-20-21-31-40-32-36-28-27-35-26-25-33-23-22-24-34-29-30-37(36)39(35)38(33)34/h22-30H,2-21,31-32H2,1H3. The molecule has 0 bridgehead atoms. The lowest BCUT2D eigenvalue weighted by molar-refractivity contribution is 0.117. The van der Waals surface area contributed by atoms with E-state index in [4.69, 9.17) is 4.74 Å². The van der Waals surface area contributed by atoms with Gasteiger partial charge in [0.2, 0.25) is 0 Å². The summed E-state index contributed by atoms with van der Waals surface area (Å²) in [5, 5.41) is 8.14. The number of ether oxygens (including phenoxy) is 1. The van der Waals surface area contributed by atoms with Crippen molar-refractivity contribution in [2.75, 3.05) is 6.61 Å². The molecule has 4 aromatic rings. The Hall–Kier alpha value is -2.12. The Labute approximate surface area is 245 Å². The topological polar surface area (TPSA) is 9.23 Å². The molecule has 0 aliphatic rings. The average Bonchev–Trinajstić information content (AvgIpc) is 2.99. The molecule has 0 unspecified atom stereocenters. The SMILES string of the molecule is CCCCCCCCCCCCCCCCCCCCCCOCc1ccc2ccc3cccc4ccc1c2c34. The summed E-state index contributed by atoms with van der Waals surface area (Å²) in [6, 6.07) is 20.2. The third kappa shape index (κ3) is 9.76. The maximum Gasteiger partial charge on any atom is 0.0722 e. The largest absolute Gasteiger partial charge is 0.377 e. The lowest BCUT2D eigenvalue weighted by Gasteiger charge is -2.14. The van der Waals surface area contributed by atoms with E-state index in [1.165, 1.54) is 166 Å². The van der Waals surface area contributed by atoms with Gasteiger partial charge in [0.05, 0.1) is 6.61 Å². The molecule has 0 radical (unpaired) electrons. The predicted octanol–water partition coefficient (Wildman–Crippen LogP) is 12.9. The van der Waals surface area contributed by atoms with Crippen molar-refractivity contribution in [1.29, 1.82) is 0 Å². The Balaban J connectivity index is 0.960. The van der Waals surface area contributed by atoms with Crippen LogP contribution in [0.2, 0.25) is 0 Å². The van der Waals surface area contributed by atoms with Crippen molar-refractivity contribution in [2.45, 2.75) is 142 Å². The highest BCUT2D eigenvalue weighted by atomic mass is 16.5. The van der Waals surface area contributed by atoms with Crippen LogP contribution in [0.3, 0.4) is 0 Å². The first kappa shape index (κ1) is 30.8. The van der Waals surface area contributed by atoms with E-state index >= 15 is 0 Å². The van der Waals surface area contributed by atoms with Crippen LogP contribution >= 0.6 is 0 Å². The van der Waals surface area contributed by atoms with E-state index in [2.05, 4.69) is 61.5 Å². The lowest BCUT2D eigenvalue weighted by Crippen LogP contribution is -1.97. The zero-order chi connectivity index (χ0) is 27.7. The summed E-state index contributed by atoms with van der Waals surface area (Å²) in [6.45, 7) is 3.89. The molecule has 40 heavy (non-hydrogen) atoms. The summed E-state index contributed by atoms with van der Waals surface area (Å²) >= 11 is 0. The first-order chi connectivity index (χ1) is 19.9. The van der Waals surface area contributed by atoms with Gasteiger partial charge in [-0.15, -0.1) is 0 Å². The van der Waals surface area contributed by atoms with Gasteiger partial charge in [0.25, 0.3) is 0 Å². The maximum absolute atomic E-state index is 6.15. The first-order valence-corrected chi connectivity index (χ1v) is 17.1. The van der Waals surface area contributed by atoms with Gasteiger partial charge in [0.1, 0.15) is 0 Å². The molecule has 0 aliphatic heterocycles. The highest BCUT2D eigenvalue weighted by Crippen LogP contribution is 2.36. The average molecular weight is 541 g/mol. The van der Waals surface area contributed by atoms with Gasteiger partial charge < -0.3 is 4.74 Å². The molecule has 0 fully saturated rings. The third-order valence-electron chi connectivity index (χ3n) is 9.02. The molecular weight excluding hydrogens is 484 g/mol. The first-order valence-electron chi connectivity index (χ1n) is 17.1. The van der Waals surface area contributed by atoms with E-state index in [0.29, 0.717) is 6.61 Å². The second-order valence-electron chi connectivity index (χ2n) is 12.4. The van der Waals surface area contributed by atoms with E-state index < -0.39 is 0 Å². The summed E-state index contributed by atoms with van der Waals surface area (Å²) in [6.07, 6.45) is 28.5. The summed E-state index contributed by atoms with van der Waals surface area (Å²) in [5.41, 5.74) is 1.32. The van der Waals surface area contributed by atoms with Crippen molar-refractivity contribution >= 4 is 32.3 Å². The van der Waals surface area contributed by atoms with Crippen LogP contribution in [-0.4, -0.2) is 6.61 Å². The van der Waals surface area contributed by atoms with Crippen LogP contribution in [0.1, 0.15) is 141 Å². The lowest BCUT2D eigenvalue weighted by atomic mass is 9.92. The normalized spacial score (nSPS) is 11.9. The summed E-state index contributed by atoms with van der Waals surface area (Å²) in [7, 11) is 0. The molecule has 0 amide bonds. The van der Waals surface area contributed by atoms with Crippen LogP contribution in [0, 0.1) is 0 Å². The van der Waals surface area contributed by atoms with Crippen LogP contribution in [0.5, 0.6) is 0 Å². The minimum Gasteiger partial charge on any atom is -0.377 e. The van der Waals surface area contributed by atoms with Crippen molar-refractivity contribution in [1.82, 2.24) is 0 Å². The van der Waals surface area contributed by atoms with Crippen molar-refractivity contribution in [3.8, 4) is 0 Å². The molecule has 1 nitrogen and oxygen atoms in total. The van der Waals surface area contributed by atoms with Crippen LogP contribution in [0.4, 0.5) is 0 Å². The number of benzene rings is 4. The Morgan fingerprint density at radius 3 is 1.38 bits per heavy atom. The van der Waals surface area contributed by atoms with Gasteiger partial charge in [0, 0.05) is 6.61 Å². The molecule has 218 valence electrons. The third-order valence-corrected chi connectivity index (χ3v) is 9.02. The van der Waals surface area contributed by atoms with Crippen LogP contribution in [0.25, 0.3) is 32.3 Å². The van der Waals surface area contributed by atoms with Crippen LogP contribution in [0.15, 0.2) is 54.6 Å². The second-order valence-corrected chi connectivity index (χ2v) is 12.4. The molecule has 0 atom stereocenters. The van der Waals surface area contributed by atoms with Crippen LogP contribution < -0.4 is 0 Å². The Morgan fingerprint density at radius 1 is 0.425 bits per heavy atom. The number of hydrogen-bond acceptors (Lipinski definition) is 1. The Bertz CT molecular complexity index is 1190. The van der Waals surface area contributed by atoms with Gasteiger partial charge in [-0.1, -0.05) is 184 Å². The van der Waals surface area contributed by atoms with Crippen LogP contribution in [-0.2, 0) is 11.3 Å². The highest BCUT2D eigenvalue weighted by Gasteiger charge is 2.10. The van der Waals surface area contributed by atoms with Crippen molar-refractivity contribution in [3.63, 3.8) is 0 Å². The maximum atomic E-state index is 6.15. The fourth-order valence-electron chi connectivity index (χ4n) is 6.56. The van der Waals surface area contributed by atoms with Gasteiger partial charge in [-0.05, 0) is 44.3 Å². The molecule has 4 rings (SSSR count). The smallest absolute Gasteiger partial charge is 0.0722 e. The zero-order valence-electron chi connectivity index (χ0n) is 25.7. The van der Waals surface area contributed by atoms with Gasteiger partial charge >= 0.3 is 0 Å². The van der Waals surface area contributed by atoms with Crippen molar-refractivity contribution in [2.24, 2.45) is 0 Å². The van der Waals surface area contributed by atoms with E-state index in [0.717, 1.165) is 6.61 Å². The molecule has 4 aromatic carbocycles. The van der Waals surface area contributed by atoms with E-state index in [9.17, 15) is 0 Å². The zero-order valence-corrected chi connectivity index (χ0v) is 25.7. The van der Waals surface area contributed by atoms with Crippen molar-refractivity contribution in [3.05, 3.63) is 60.2 Å². The molecular formula is C39H56O. The monoisotopic (exact) mass is 540 g/mol. The minimum atomic E-state index is 0.716. The summed E-state index contributed by atoms with van der Waals surface area (Å²) < 4.78 is 6.15. The second kappa shape index (κ2) is 18.3. The van der Waals surface area contributed by atoms with E-state index in [1.807, 2.05) is 0 Å².